The second-order valence-electron chi connectivity index (χ2n) is 3.82. The molecule has 2 N–H and O–H groups in total. The van der Waals surface area contributed by atoms with Crippen molar-refractivity contribution < 1.29 is 9.34 Å². The highest BCUT2D eigenvalue weighted by atomic mass is 16.6. The zero-order valence-electron chi connectivity index (χ0n) is 10.5. The molecule has 0 radical (unpaired) electrons. The molecule has 0 amide bonds. The van der Waals surface area contributed by atoms with Crippen LogP contribution in [0.5, 0.6) is 0 Å². The van der Waals surface area contributed by atoms with Crippen molar-refractivity contribution in [3.63, 3.8) is 0 Å². The Kier molecular flexibility index (Phi) is 3.60. The van der Waals surface area contributed by atoms with Crippen LogP contribution in [0.2, 0.25) is 0 Å². The van der Waals surface area contributed by atoms with E-state index in [9.17, 15) is 10.1 Å². The summed E-state index contributed by atoms with van der Waals surface area (Å²) in [6, 6.07) is 1.77. The van der Waals surface area contributed by atoms with E-state index in [1.54, 1.807) is 26.3 Å². The lowest BCUT2D eigenvalue weighted by molar-refractivity contribution is -0.385. The van der Waals surface area contributed by atoms with Gasteiger partial charge in [-0.3, -0.25) is 10.1 Å². The molecular weight excluding hydrogens is 250 g/mol. The fraction of sp³-hybridized carbons (Fsp3) is 0.273. The number of rotatable bonds is 5. The van der Waals surface area contributed by atoms with Crippen LogP contribution in [0.1, 0.15) is 11.3 Å². The highest BCUT2D eigenvalue weighted by Gasteiger charge is 2.21. The lowest BCUT2D eigenvalue weighted by Crippen LogP contribution is -2.09. The van der Waals surface area contributed by atoms with Gasteiger partial charge < -0.3 is 15.1 Å². The summed E-state index contributed by atoms with van der Waals surface area (Å²) in [5.74, 6) is 0.515. The molecule has 2 aromatic rings. The van der Waals surface area contributed by atoms with Crippen molar-refractivity contribution in [3.8, 4) is 0 Å². The molecule has 0 saturated heterocycles. The predicted octanol–water partition coefficient (Wildman–Crippen LogP) is 1.94. The van der Waals surface area contributed by atoms with Crippen LogP contribution in [0.15, 0.2) is 23.0 Å². The van der Waals surface area contributed by atoms with E-state index >= 15 is 0 Å². The van der Waals surface area contributed by atoms with E-state index in [0.717, 1.165) is 5.56 Å². The van der Waals surface area contributed by atoms with Crippen molar-refractivity contribution in [2.75, 3.05) is 17.7 Å². The molecule has 0 atom stereocenters. The third-order valence-electron chi connectivity index (χ3n) is 2.50. The quantitative estimate of drug-likeness (QED) is 0.627. The normalized spacial score (nSPS) is 10.2. The molecule has 100 valence electrons. The van der Waals surface area contributed by atoms with Gasteiger partial charge in [-0.25, -0.2) is 4.98 Å². The smallest absolute Gasteiger partial charge is 0.332 e. The summed E-state index contributed by atoms with van der Waals surface area (Å²) >= 11 is 0. The van der Waals surface area contributed by atoms with Gasteiger partial charge in [0.05, 0.1) is 17.4 Å². The van der Waals surface area contributed by atoms with Crippen LogP contribution >= 0.6 is 0 Å². The number of nitro groups is 1. The van der Waals surface area contributed by atoms with Crippen molar-refractivity contribution in [2.24, 2.45) is 0 Å². The molecule has 8 heteroatoms. The van der Waals surface area contributed by atoms with Gasteiger partial charge in [0.25, 0.3) is 0 Å². The van der Waals surface area contributed by atoms with E-state index in [-0.39, 0.29) is 11.5 Å². The first-order chi connectivity index (χ1) is 9.11. The SMILES string of the molecule is CNc1nc(C)c([N+](=O)[O-])c(NCc2ccoc2)n1. The second kappa shape index (κ2) is 5.34. The number of aromatic nitrogens is 2. The fourth-order valence-electron chi connectivity index (χ4n) is 1.60. The average Bonchev–Trinajstić information content (AvgIpc) is 2.88. The molecule has 0 aliphatic carbocycles. The third kappa shape index (κ3) is 2.79. The number of furan rings is 1. The largest absolute Gasteiger partial charge is 0.472 e. The Morgan fingerprint density at radius 2 is 2.26 bits per heavy atom. The minimum absolute atomic E-state index is 0.123. The predicted molar refractivity (Wildman–Crippen MR) is 69.0 cm³/mol. The zero-order chi connectivity index (χ0) is 13.8. The summed E-state index contributed by atoms with van der Waals surface area (Å²) in [5.41, 5.74) is 1.05. The van der Waals surface area contributed by atoms with Crippen LogP contribution in [0.3, 0.4) is 0 Å². The molecule has 0 aromatic carbocycles. The topological polar surface area (TPSA) is 106 Å². The van der Waals surface area contributed by atoms with Crippen LogP contribution in [0.4, 0.5) is 17.5 Å². The molecule has 8 nitrogen and oxygen atoms in total. The Morgan fingerprint density at radius 3 is 2.84 bits per heavy atom. The molecule has 0 spiro atoms. The summed E-state index contributed by atoms with van der Waals surface area (Å²) in [5, 5.41) is 16.7. The molecule has 0 bridgehead atoms. The van der Waals surface area contributed by atoms with Gasteiger partial charge in [0.15, 0.2) is 0 Å². The van der Waals surface area contributed by atoms with Crippen molar-refractivity contribution in [3.05, 3.63) is 40.0 Å². The van der Waals surface area contributed by atoms with Gasteiger partial charge in [0.2, 0.25) is 11.8 Å². The molecule has 0 unspecified atom stereocenters. The summed E-state index contributed by atoms with van der Waals surface area (Å²) in [6.07, 6.45) is 3.10. The minimum atomic E-state index is -0.494. The monoisotopic (exact) mass is 263 g/mol. The zero-order valence-corrected chi connectivity index (χ0v) is 10.5. The average molecular weight is 263 g/mol. The number of nitrogens with zero attached hydrogens (tertiary/aromatic N) is 3. The van der Waals surface area contributed by atoms with Crippen LogP contribution < -0.4 is 10.6 Å². The van der Waals surface area contributed by atoms with Crippen LogP contribution in [-0.2, 0) is 6.54 Å². The third-order valence-corrected chi connectivity index (χ3v) is 2.50. The molecule has 0 aliphatic heterocycles. The molecule has 2 heterocycles. The number of hydrogen-bond acceptors (Lipinski definition) is 7. The lowest BCUT2D eigenvalue weighted by Gasteiger charge is -2.08. The Morgan fingerprint density at radius 1 is 1.47 bits per heavy atom. The Hall–Kier alpha value is -2.64. The second-order valence-corrected chi connectivity index (χ2v) is 3.82. The first-order valence-corrected chi connectivity index (χ1v) is 5.57. The highest BCUT2D eigenvalue weighted by Crippen LogP contribution is 2.26. The lowest BCUT2D eigenvalue weighted by atomic mass is 10.3. The van der Waals surface area contributed by atoms with E-state index < -0.39 is 4.92 Å². The van der Waals surface area contributed by atoms with E-state index in [4.69, 9.17) is 4.42 Å². The maximum Gasteiger partial charge on any atom is 0.332 e. The number of hydrogen-bond donors (Lipinski definition) is 2. The van der Waals surface area contributed by atoms with E-state index in [0.29, 0.717) is 18.2 Å². The van der Waals surface area contributed by atoms with Crippen LogP contribution in [0, 0.1) is 17.0 Å². The van der Waals surface area contributed by atoms with Gasteiger partial charge >= 0.3 is 5.69 Å². The molecule has 2 aromatic heterocycles. The molecular formula is C11H13N5O3. The van der Waals surface area contributed by atoms with Gasteiger partial charge in [-0.1, -0.05) is 0 Å². The molecule has 0 fully saturated rings. The van der Waals surface area contributed by atoms with Gasteiger partial charge in [0, 0.05) is 19.2 Å². The number of anilines is 2. The van der Waals surface area contributed by atoms with Gasteiger partial charge in [-0.2, -0.15) is 4.98 Å². The van der Waals surface area contributed by atoms with Crippen molar-refractivity contribution in [1.29, 1.82) is 0 Å². The summed E-state index contributed by atoms with van der Waals surface area (Å²) in [4.78, 5) is 18.6. The molecule has 2 rings (SSSR count). The van der Waals surface area contributed by atoms with Gasteiger partial charge in [-0.15, -0.1) is 0 Å². The maximum atomic E-state index is 11.1. The number of nitrogens with one attached hydrogen (secondary N) is 2. The van der Waals surface area contributed by atoms with Crippen LogP contribution in [-0.4, -0.2) is 21.9 Å². The first kappa shape index (κ1) is 12.8. The van der Waals surface area contributed by atoms with Crippen molar-refractivity contribution >= 4 is 17.5 Å². The highest BCUT2D eigenvalue weighted by molar-refractivity contribution is 5.60. The van der Waals surface area contributed by atoms with E-state index in [1.165, 1.54) is 6.26 Å². The van der Waals surface area contributed by atoms with Crippen molar-refractivity contribution in [1.82, 2.24) is 9.97 Å². The molecule has 19 heavy (non-hydrogen) atoms. The summed E-state index contributed by atoms with van der Waals surface area (Å²) < 4.78 is 4.93. The van der Waals surface area contributed by atoms with E-state index in [1.807, 2.05) is 0 Å². The minimum Gasteiger partial charge on any atom is -0.472 e. The van der Waals surface area contributed by atoms with Gasteiger partial charge in [0.1, 0.15) is 5.69 Å². The Bertz CT molecular complexity index is 582. The first-order valence-electron chi connectivity index (χ1n) is 5.57. The fourth-order valence-corrected chi connectivity index (χ4v) is 1.60. The Labute approximate surface area is 109 Å². The van der Waals surface area contributed by atoms with Gasteiger partial charge in [-0.05, 0) is 13.0 Å². The number of aryl methyl sites for hydroxylation is 1. The summed E-state index contributed by atoms with van der Waals surface area (Å²) in [6.45, 7) is 1.96. The maximum absolute atomic E-state index is 11.1. The molecule has 0 saturated carbocycles. The standard InChI is InChI=1S/C11H13N5O3/c1-7-9(16(17)18)10(15-11(12-2)14-7)13-5-8-3-4-19-6-8/h3-4,6H,5H2,1-2H3,(H2,12,13,14,15). The summed E-state index contributed by atoms with van der Waals surface area (Å²) in [7, 11) is 1.65. The van der Waals surface area contributed by atoms with Crippen LogP contribution in [0.25, 0.3) is 0 Å². The molecule has 0 aliphatic rings. The van der Waals surface area contributed by atoms with Crippen molar-refractivity contribution in [2.45, 2.75) is 13.5 Å². The Balaban J connectivity index is 2.30. The van der Waals surface area contributed by atoms with E-state index in [2.05, 4.69) is 20.6 Å².